The Labute approximate surface area is 93.4 Å². The van der Waals surface area contributed by atoms with Gasteiger partial charge in [-0.25, -0.2) is 0 Å². The van der Waals surface area contributed by atoms with E-state index in [4.69, 9.17) is 4.42 Å². The smallest absolute Gasteiger partial charge is 0.137 e. The summed E-state index contributed by atoms with van der Waals surface area (Å²) in [6, 6.07) is 4.15. The second kappa shape index (κ2) is 3.46. The molecule has 0 aliphatic carbocycles. The fourth-order valence-electron chi connectivity index (χ4n) is 1.42. The van der Waals surface area contributed by atoms with Crippen LogP contribution in [0.4, 0.5) is 0 Å². The van der Waals surface area contributed by atoms with Gasteiger partial charge < -0.3 is 4.42 Å². The highest BCUT2D eigenvalue weighted by molar-refractivity contribution is 9.10. The summed E-state index contributed by atoms with van der Waals surface area (Å²) in [6.45, 7) is 2.05. The summed E-state index contributed by atoms with van der Waals surface area (Å²) in [4.78, 5) is 0. The summed E-state index contributed by atoms with van der Waals surface area (Å²) in [5.41, 5.74) is 3.34. The zero-order valence-electron chi connectivity index (χ0n) is 7.10. The molecule has 68 valence electrons. The van der Waals surface area contributed by atoms with Crippen LogP contribution in [0.1, 0.15) is 11.1 Å². The summed E-state index contributed by atoms with van der Waals surface area (Å²) in [5.74, 6) is 0. The normalized spacial score (nSPS) is 11.0. The number of benzene rings is 1. The van der Waals surface area contributed by atoms with Gasteiger partial charge in [0.15, 0.2) is 0 Å². The van der Waals surface area contributed by atoms with Crippen LogP contribution in [0.5, 0.6) is 0 Å². The predicted octanol–water partition coefficient (Wildman–Crippen LogP) is 4.40. The quantitative estimate of drug-likeness (QED) is 0.712. The highest BCUT2D eigenvalue weighted by Gasteiger charge is 2.07. The molecule has 3 heteroatoms. The number of rotatable bonds is 1. The maximum Gasteiger partial charge on any atom is 0.137 e. The molecular formula is C10H8Br2O. The molecule has 1 nitrogen and oxygen atoms in total. The third-order valence-electron chi connectivity index (χ3n) is 2.05. The Morgan fingerprint density at radius 2 is 2.15 bits per heavy atom. The first kappa shape index (κ1) is 9.28. The van der Waals surface area contributed by atoms with Crippen LogP contribution in [0.25, 0.3) is 11.0 Å². The largest absolute Gasteiger partial charge is 0.464 e. The first-order valence-electron chi connectivity index (χ1n) is 3.94. The second-order valence-corrected chi connectivity index (χ2v) is 4.47. The van der Waals surface area contributed by atoms with Gasteiger partial charge in [-0.1, -0.05) is 31.9 Å². The van der Waals surface area contributed by atoms with Crippen molar-refractivity contribution in [1.82, 2.24) is 0 Å². The summed E-state index contributed by atoms with van der Waals surface area (Å²) in [6.07, 6.45) is 1.80. The number of fused-ring (bicyclic) bond motifs is 1. The van der Waals surface area contributed by atoms with Gasteiger partial charge in [-0.15, -0.1) is 0 Å². The van der Waals surface area contributed by atoms with Gasteiger partial charge in [-0.3, -0.25) is 0 Å². The number of furan rings is 1. The molecule has 0 aliphatic heterocycles. The third kappa shape index (κ3) is 1.55. The zero-order chi connectivity index (χ0) is 9.42. The summed E-state index contributed by atoms with van der Waals surface area (Å²) < 4.78 is 6.57. The standard InChI is InChI=1S/C10H8Br2O/c1-6-2-8(12)3-9-7(4-11)5-13-10(6)9/h2-3,5H,4H2,1H3. The Balaban J connectivity index is 2.82. The monoisotopic (exact) mass is 302 g/mol. The molecule has 0 saturated carbocycles. The molecule has 0 saturated heterocycles. The van der Waals surface area contributed by atoms with Gasteiger partial charge in [0.05, 0.1) is 6.26 Å². The maximum absolute atomic E-state index is 5.47. The van der Waals surface area contributed by atoms with E-state index < -0.39 is 0 Å². The molecule has 1 heterocycles. The van der Waals surface area contributed by atoms with E-state index in [-0.39, 0.29) is 0 Å². The Bertz CT molecular complexity index is 445. The fourth-order valence-corrected chi connectivity index (χ4v) is 2.43. The topological polar surface area (TPSA) is 13.1 Å². The lowest BCUT2D eigenvalue weighted by atomic mass is 10.1. The highest BCUT2D eigenvalue weighted by Crippen LogP contribution is 2.29. The van der Waals surface area contributed by atoms with Crippen molar-refractivity contribution in [2.75, 3.05) is 0 Å². The minimum Gasteiger partial charge on any atom is -0.464 e. The molecule has 0 N–H and O–H groups in total. The lowest BCUT2D eigenvalue weighted by Gasteiger charge is -1.97. The number of halogens is 2. The van der Waals surface area contributed by atoms with Crippen LogP contribution in [0.15, 0.2) is 27.3 Å². The molecule has 0 atom stereocenters. The van der Waals surface area contributed by atoms with Crippen LogP contribution < -0.4 is 0 Å². The van der Waals surface area contributed by atoms with Crippen LogP contribution in [0, 0.1) is 6.92 Å². The molecule has 0 fully saturated rings. The number of hydrogen-bond acceptors (Lipinski definition) is 1. The summed E-state index contributed by atoms with van der Waals surface area (Å²) in [5, 5.41) is 2.01. The van der Waals surface area contributed by atoms with Crippen molar-refractivity contribution in [2.24, 2.45) is 0 Å². The van der Waals surface area contributed by atoms with Crippen molar-refractivity contribution in [1.29, 1.82) is 0 Å². The number of hydrogen-bond donors (Lipinski definition) is 0. The molecule has 2 aromatic rings. The van der Waals surface area contributed by atoms with Crippen molar-refractivity contribution in [3.05, 3.63) is 34.0 Å². The molecule has 1 aromatic heterocycles. The minimum absolute atomic E-state index is 0.829. The fraction of sp³-hybridized carbons (Fsp3) is 0.200. The Hall–Kier alpha value is -0.280. The van der Waals surface area contributed by atoms with Gasteiger partial charge in [0.1, 0.15) is 5.58 Å². The Morgan fingerprint density at radius 1 is 1.38 bits per heavy atom. The Morgan fingerprint density at radius 3 is 2.85 bits per heavy atom. The first-order valence-corrected chi connectivity index (χ1v) is 5.86. The highest BCUT2D eigenvalue weighted by atomic mass is 79.9. The van der Waals surface area contributed by atoms with Gasteiger partial charge in [0.2, 0.25) is 0 Å². The van der Waals surface area contributed by atoms with E-state index in [1.807, 2.05) is 0 Å². The average Bonchev–Trinajstić information content (AvgIpc) is 2.47. The van der Waals surface area contributed by atoms with Crippen molar-refractivity contribution in [3.63, 3.8) is 0 Å². The molecule has 0 radical (unpaired) electrons. The minimum atomic E-state index is 0.829. The van der Waals surface area contributed by atoms with Crippen molar-refractivity contribution < 1.29 is 4.42 Å². The summed E-state index contributed by atoms with van der Waals surface area (Å²) in [7, 11) is 0. The molecule has 2 rings (SSSR count). The van der Waals surface area contributed by atoms with Crippen LogP contribution in [-0.2, 0) is 5.33 Å². The molecule has 1 aromatic carbocycles. The van der Waals surface area contributed by atoms with Crippen LogP contribution >= 0.6 is 31.9 Å². The molecule has 0 bridgehead atoms. The molecular weight excluding hydrogens is 296 g/mol. The molecule has 0 unspecified atom stereocenters. The van der Waals surface area contributed by atoms with Crippen LogP contribution in [0.2, 0.25) is 0 Å². The third-order valence-corrected chi connectivity index (χ3v) is 3.11. The lowest BCUT2D eigenvalue weighted by Crippen LogP contribution is -1.77. The van der Waals surface area contributed by atoms with E-state index in [9.17, 15) is 0 Å². The van der Waals surface area contributed by atoms with E-state index in [0.717, 1.165) is 20.9 Å². The molecule has 0 aliphatic rings. The second-order valence-electron chi connectivity index (χ2n) is 2.99. The van der Waals surface area contributed by atoms with E-state index in [0.29, 0.717) is 0 Å². The summed E-state index contributed by atoms with van der Waals surface area (Å²) >= 11 is 6.91. The van der Waals surface area contributed by atoms with E-state index in [1.165, 1.54) is 10.9 Å². The van der Waals surface area contributed by atoms with E-state index in [2.05, 4.69) is 50.9 Å². The SMILES string of the molecule is Cc1cc(Br)cc2c(CBr)coc12. The number of alkyl halides is 1. The van der Waals surface area contributed by atoms with Gasteiger partial charge in [-0.05, 0) is 24.6 Å². The van der Waals surface area contributed by atoms with Crippen LogP contribution in [0.3, 0.4) is 0 Å². The molecule has 0 spiro atoms. The zero-order valence-corrected chi connectivity index (χ0v) is 10.3. The van der Waals surface area contributed by atoms with Crippen LogP contribution in [-0.4, -0.2) is 0 Å². The number of aryl methyl sites for hydroxylation is 1. The first-order chi connectivity index (χ1) is 6.22. The van der Waals surface area contributed by atoms with Crippen molar-refractivity contribution in [3.8, 4) is 0 Å². The van der Waals surface area contributed by atoms with Gasteiger partial charge >= 0.3 is 0 Å². The maximum atomic E-state index is 5.47. The van der Waals surface area contributed by atoms with Gasteiger partial charge in [-0.2, -0.15) is 0 Å². The lowest BCUT2D eigenvalue weighted by molar-refractivity contribution is 0.610. The Kier molecular flexibility index (Phi) is 2.47. The van der Waals surface area contributed by atoms with Crippen molar-refractivity contribution in [2.45, 2.75) is 12.3 Å². The predicted molar refractivity (Wildman–Crippen MR) is 61.3 cm³/mol. The van der Waals surface area contributed by atoms with Gasteiger partial charge in [0.25, 0.3) is 0 Å². The average molecular weight is 304 g/mol. The molecule has 0 amide bonds. The molecule has 13 heavy (non-hydrogen) atoms. The van der Waals surface area contributed by atoms with E-state index >= 15 is 0 Å². The van der Waals surface area contributed by atoms with E-state index in [1.54, 1.807) is 6.26 Å². The van der Waals surface area contributed by atoms with Gasteiger partial charge in [0, 0.05) is 20.8 Å². The van der Waals surface area contributed by atoms with Crippen molar-refractivity contribution >= 4 is 42.8 Å².